The summed E-state index contributed by atoms with van der Waals surface area (Å²) in [6.07, 6.45) is 11.1. The minimum atomic E-state index is -2.18. The summed E-state index contributed by atoms with van der Waals surface area (Å²) in [5.74, 6) is -0.786. The molecule has 4 nitrogen and oxygen atoms in total. The quantitative estimate of drug-likeness (QED) is 0.155. The standard InChI is InChI=1S/C28H42O4Si/c1-28(2,3)33(4,5)32-26(27(30)31)19-11-7-10-18-24-23(20-21-25(24)29)17-13-12-16-22-14-8-6-9-15-22/h6-9,14-15,19-20,24-26,29H,10,12-13,16-18,21H2,1-5H3,(H,30,31)/t11?,24-,25?,26?/m1/s1. The number of aliphatic hydroxyl groups is 1. The number of unbranched alkanes of at least 4 members (excludes halogenated alkanes) is 1. The van der Waals surface area contributed by atoms with Gasteiger partial charge in [0.25, 0.3) is 0 Å². The monoisotopic (exact) mass is 470 g/mol. The van der Waals surface area contributed by atoms with E-state index >= 15 is 0 Å². The lowest BCUT2D eigenvalue weighted by Gasteiger charge is -2.37. The van der Waals surface area contributed by atoms with Crippen molar-refractivity contribution in [1.29, 1.82) is 0 Å². The zero-order valence-corrected chi connectivity index (χ0v) is 22.0. The van der Waals surface area contributed by atoms with Gasteiger partial charge in [-0.15, -0.1) is 5.73 Å². The van der Waals surface area contributed by atoms with E-state index in [1.807, 2.05) is 12.1 Å². The summed E-state index contributed by atoms with van der Waals surface area (Å²) < 4.78 is 6.02. The summed E-state index contributed by atoms with van der Waals surface area (Å²) in [5, 5.41) is 19.9. The number of benzene rings is 1. The van der Waals surface area contributed by atoms with Crippen LogP contribution in [0.25, 0.3) is 0 Å². The average Bonchev–Trinajstić information content (AvgIpc) is 3.09. The Morgan fingerprint density at radius 3 is 2.52 bits per heavy atom. The molecule has 0 aromatic heterocycles. The first-order valence-electron chi connectivity index (χ1n) is 12.2. The van der Waals surface area contributed by atoms with Crippen LogP contribution in [0, 0.1) is 5.92 Å². The maximum Gasteiger partial charge on any atom is 0.336 e. The van der Waals surface area contributed by atoms with Crippen LogP contribution < -0.4 is 0 Å². The number of hydrogen-bond donors (Lipinski definition) is 2. The van der Waals surface area contributed by atoms with E-state index in [0.29, 0.717) is 0 Å². The second-order valence-electron chi connectivity index (χ2n) is 10.6. The van der Waals surface area contributed by atoms with Crippen molar-refractivity contribution in [3.63, 3.8) is 0 Å². The zero-order valence-electron chi connectivity index (χ0n) is 21.0. The average molecular weight is 471 g/mol. The van der Waals surface area contributed by atoms with Gasteiger partial charge in [0.2, 0.25) is 0 Å². The number of aryl methyl sites for hydroxylation is 1. The Balaban J connectivity index is 1.83. The Bertz CT molecular complexity index is 844. The number of carbonyl (C=O) groups is 1. The molecule has 0 saturated carbocycles. The van der Waals surface area contributed by atoms with Crippen molar-refractivity contribution < 1.29 is 19.4 Å². The summed E-state index contributed by atoms with van der Waals surface area (Å²) >= 11 is 0. The fourth-order valence-electron chi connectivity index (χ4n) is 3.95. The van der Waals surface area contributed by atoms with Gasteiger partial charge < -0.3 is 14.6 Å². The van der Waals surface area contributed by atoms with E-state index in [1.54, 1.807) is 0 Å². The van der Waals surface area contributed by atoms with E-state index in [1.165, 1.54) is 17.2 Å². The van der Waals surface area contributed by atoms with E-state index in [0.717, 1.165) is 44.9 Å². The van der Waals surface area contributed by atoms with E-state index in [-0.39, 0.29) is 17.1 Å². The second-order valence-corrected chi connectivity index (χ2v) is 15.4. The highest BCUT2D eigenvalue weighted by Crippen LogP contribution is 2.37. The smallest absolute Gasteiger partial charge is 0.336 e. The zero-order chi connectivity index (χ0) is 24.5. The first kappa shape index (κ1) is 27.3. The van der Waals surface area contributed by atoms with Crippen molar-refractivity contribution in [2.75, 3.05) is 0 Å². The summed E-state index contributed by atoms with van der Waals surface area (Å²) in [7, 11) is -2.18. The molecule has 1 aliphatic rings. The summed E-state index contributed by atoms with van der Waals surface area (Å²) in [5.41, 5.74) is 5.78. The Morgan fingerprint density at radius 1 is 1.21 bits per heavy atom. The molecule has 0 spiro atoms. The third-order valence-electron chi connectivity index (χ3n) is 7.04. The van der Waals surface area contributed by atoms with Gasteiger partial charge in [0.15, 0.2) is 14.4 Å². The molecule has 1 aliphatic carbocycles. The fourth-order valence-corrected chi connectivity index (χ4v) is 5.11. The van der Waals surface area contributed by atoms with Crippen LogP contribution in [-0.4, -0.2) is 36.7 Å². The normalized spacial score (nSPS) is 19.5. The van der Waals surface area contributed by atoms with Gasteiger partial charge in [0, 0.05) is 5.92 Å². The van der Waals surface area contributed by atoms with Crippen molar-refractivity contribution >= 4 is 14.3 Å². The van der Waals surface area contributed by atoms with Gasteiger partial charge in [-0.25, -0.2) is 4.79 Å². The number of rotatable bonds is 12. The third-order valence-corrected chi connectivity index (χ3v) is 11.5. The van der Waals surface area contributed by atoms with Gasteiger partial charge >= 0.3 is 5.97 Å². The summed E-state index contributed by atoms with van der Waals surface area (Å²) in [6.45, 7) is 10.4. The molecule has 2 rings (SSSR count). The Labute approximate surface area is 201 Å². The Hall–Kier alpha value is -1.91. The lowest BCUT2D eigenvalue weighted by atomic mass is 9.90. The van der Waals surface area contributed by atoms with Gasteiger partial charge in [-0.3, -0.25) is 0 Å². The van der Waals surface area contributed by atoms with Crippen LogP contribution in [0.3, 0.4) is 0 Å². The largest absolute Gasteiger partial charge is 0.479 e. The molecule has 1 aromatic carbocycles. The molecule has 2 unspecified atom stereocenters. The third kappa shape index (κ3) is 8.75. The molecule has 33 heavy (non-hydrogen) atoms. The van der Waals surface area contributed by atoms with Gasteiger partial charge in [-0.05, 0) is 80.8 Å². The predicted octanol–water partition coefficient (Wildman–Crippen LogP) is 6.67. The maximum absolute atomic E-state index is 11.7. The summed E-state index contributed by atoms with van der Waals surface area (Å²) in [6, 6.07) is 10.6. The lowest BCUT2D eigenvalue weighted by Crippen LogP contribution is -2.45. The van der Waals surface area contributed by atoms with Crippen LogP contribution in [0.4, 0.5) is 0 Å². The molecule has 0 fully saturated rings. The highest BCUT2D eigenvalue weighted by Gasteiger charge is 2.40. The summed E-state index contributed by atoms with van der Waals surface area (Å²) in [4.78, 5) is 11.7. The molecule has 1 aromatic rings. The van der Waals surface area contributed by atoms with Crippen molar-refractivity contribution in [1.82, 2.24) is 0 Å². The maximum atomic E-state index is 11.7. The molecule has 0 saturated heterocycles. The topological polar surface area (TPSA) is 66.8 Å². The molecule has 0 aliphatic heterocycles. The highest BCUT2D eigenvalue weighted by atomic mass is 28.4. The second kappa shape index (κ2) is 12.5. The van der Waals surface area contributed by atoms with Gasteiger partial charge in [0.05, 0.1) is 6.10 Å². The van der Waals surface area contributed by atoms with Crippen molar-refractivity contribution in [2.24, 2.45) is 5.92 Å². The van der Waals surface area contributed by atoms with E-state index in [9.17, 15) is 15.0 Å². The first-order chi connectivity index (χ1) is 15.5. The Morgan fingerprint density at radius 2 is 1.88 bits per heavy atom. The SMILES string of the molecule is CC(C)(C)[Si](C)(C)OC(C=C=CCC[C@@H]1C(CCCCc2ccccc2)=CCC1O)C(=O)O. The van der Waals surface area contributed by atoms with E-state index in [4.69, 9.17) is 4.43 Å². The first-order valence-corrected chi connectivity index (χ1v) is 15.1. The van der Waals surface area contributed by atoms with Crippen LogP contribution in [0.2, 0.25) is 18.1 Å². The minimum absolute atomic E-state index is 0.0549. The lowest BCUT2D eigenvalue weighted by molar-refractivity contribution is -0.143. The number of aliphatic carboxylic acids is 1. The number of hydrogen-bond acceptors (Lipinski definition) is 3. The Kier molecular flexibility index (Phi) is 10.4. The van der Waals surface area contributed by atoms with Crippen LogP contribution in [0.1, 0.15) is 64.9 Å². The van der Waals surface area contributed by atoms with Crippen molar-refractivity contribution in [3.8, 4) is 0 Å². The van der Waals surface area contributed by atoms with Crippen LogP contribution in [0.5, 0.6) is 0 Å². The van der Waals surface area contributed by atoms with Crippen molar-refractivity contribution in [3.05, 3.63) is 65.4 Å². The molecular formula is C28H42O4Si. The fraction of sp³-hybridized carbons (Fsp3) is 0.571. The predicted molar refractivity (Wildman–Crippen MR) is 138 cm³/mol. The highest BCUT2D eigenvalue weighted by molar-refractivity contribution is 6.74. The molecule has 5 heteroatoms. The molecule has 0 radical (unpaired) electrons. The molecule has 0 bridgehead atoms. The van der Waals surface area contributed by atoms with Gasteiger partial charge in [-0.1, -0.05) is 62.8 Å². The minimum Gasteiger partial charge on any atom is -0.479 e. The molecule has 2 N–H and O–H groups in total. The van der Waals surface area contributed by atoms with E-state index in [2.05, 4.69) is 69.9 Å². The molecular weight excluding hydrogens is 428 g/mol. The molecule has 3 atom stereocenters. The van der Waals surface area contributed by atoms with Crippen LogP contribution >= 0.6 is 0 Å². The van der Waals surface area contributed by atoms with Crippen LogP contribution in [0.15, 0.2) is 59.9 Å². The van der Waals surface area contributed by atoms with Gasteiger partial charge in [-0.2, -0.15) is 0 Å². The van der Waals surface area contributed by atoms with Crippen LogP contribution in [-0.2, 0) is 15.6 Å². The van der Waals surface area contributed by atoms with Crippen molar-refractivity contribution in [2.45, 2.75) is 96.1 Å². The molecule has 0 amide bonds. The number of aliphatic hydroxyl groups excluding tert-OH is 1. The number of carboxylic acid groups (broad SMARTS) is 1. The molecule has 0 heterocycles. The van der Waals surface area contributed by atoms with Gasteiger partial charge in [0.1, 0.15) is 0 Å². The van der Waals surface area contributed by atoms with E-state index < -0.39 is 20.4 Å². The molecule has 182 valence electrons. The number of carboxylic acids is 1.